The van der Waals surface area contributed by atoms with Gasteiger partial charge in [0.1, 0.15) is 0 Å². The van der Waals surface area contributed by atoms with E-state index in [2.05, 4.69) is 24.0 Å². The number of aryl methyl sites for hydroxylation is 2. The van der Waals surface area contributed by atoms with E-state index in [1.165, 1.54) is 5.56 Å². The zero-order chi connectivity index (χ0) is 12.3. The molecule has 0 aliphatic heterocycles. The van der Waals surface area contributed by atoms with Crippen molar-refractivity contribution in [3.8, 4) is 0 Å². The maximum atomic E-state index is 6.05. The SMILES string of the molecule is Cc1ccc(N=Cc2ccccc2C)cc1Cl. The molecule has 0 aliphatic carbocycles. The van der Waals surface area contributed by atoms with Gasteiger partial charge in [0.25, 0.3) is 0 Å². The van der Waals surface area contributed by atoms with Crippen molar-refractivity contribution in [2.75, 3.05) is 0 Å². The Labute approximate surface area is 107 Å². The third-order valence-electron chi connectivity index (χ3n) is 2.70. The van der Waals surface area contributed by atoms with Crippen LogP contribution in [0.15, 0.2) is 47.5 Å². The first kappa shape index (κ1) is 11.9. The van der Waals surface area contributed by atoms with Gasteiger partial charge in [0.05, 0.1) is 5.69 Å². The lowest BCUT2D eigenvalue weighted by atomic mass is 10.1. The van der Waals surface area contributed by atoms with Crippen LogP contribution in [0, 0.1) is 13.8 Å². The quantitative estimate of drug-likeness (QED) is 0.678. The molecule has 0 bridgehead atoms. The lowest BCUT2D eigenvalue weighted by molar-refractivity contribution is 1.42. The van der Waals surface area contributed by atoms with Crippen LogP contribution in [0.1, 0.15) is 16.7 Å². The predicted molar refractivity (Wildman–Crippen MR) is 74.6 cm³/mol. The largest absolute Gasteiger partial charge is 0.256 e. The number of aliphatic imine (C=N–C) groups is 1. The van der Waals surface area contributed by atoms with Crippen LogP contribution in [0.3, 0.4) is 0 Å². The van der Waals surface area contributed by atoms with Crippen LogP contribution in [0.2, 0.25) is 5.02 Å². The molecule has 1 nitrogen and oxygen atoms in total. The van der Waals surface area contributed by atoms with Crippen LogP contribution in [0.5, 0.6) is 0 Å². The molecule has 86 valence electrons. The molecule has 0 amide bonds. The molecule has 0 radical (unpaired) electrons. The molecule has 0 N–H and O–H groups in total. The molecular weight excluding hydrogens is 230 g/mol. The number of hydrogen-bond acceptors (Lipinski definition) is 1. The number of benzene rings is 2. The Balaban J connectivity index is 2.26. The van der Waals surface area contributed by atoms with Gasteiger partial charge in [-0.15, -0.1) is 0 Å². The third kappa shape index (κ3) is 2.95. The first-order valence-electron chi connectivity index (χ1n) is 5.52. The van der Waals surface area contributed by atoms with E-state index in [9.17, 15) is 0 Å². The molecule has 0 unspecified atom stereocenters. The molecule has 2 aromatic carbocycles. The van der Waals surface area contributed by atoms with E-state index < -0.39 is 0 Å². The summed E-state index contributed by atoms with van der Waals surface area (Å²) in [5.74, 6) is 0. The first-order valence-corrected chi connectivity index (χ1v) is 5.90. The summed E-state index contributed by atoms with van der Waals surface area (Å²) in [7, 11) is 0. The van der Waals surface area contributed by atoms with Gasteiger partial charge in [-0.3, -0.25) is 4.99 Å². The average molecular weight is 244 g/mol. The highest BCUT2D eigenvalue weighted by atomic mass is 35.5. The third-order valence-corrected chi connectivity index (χ3v) is 3.10. The Morgan fingerprint density at radius 3 is 2.47 bits per heavy atom. The van der Waals surface area contributed by atoms with Crippen LogP contribution in [-0.4, -0.2) is 6.21 Å². The second kappa shape index (κ2) is 5.15. The highest BCUT2D eigenvalue weighted by molar-refractivity contribution is 6.31. The summed E-state index contributed by atoms with van der Waals surface area (Å²) in [6.07, 6.45) is 1.87. The molecule has 2 heteroatoms. The topological polar surface area (TPSA) is 12.4 Å². The minimum absolute atomic E-state index is 0.754. The van der Waals surface area contributed by atoms with Crippen LogP contribution in [0.25, 0.3) is 0 Å². The fraction of sp³-hybridized carbons (Fsp3) is 0.133. The van der Waals surface area contributed by atoms with E-state index in [4.69, 9.17) is 11.6 Å². The lowest BCUT2D eigenvalue weighted by Crippen LogP contribution is -1.85. The van der Waals surface area contributed by atoms with Crippen LogP contribution in [-0.2, 0) is 0 Å². The molecule has 2 aromatic rings. The Morgan fingerprint density at radius 2 is 1.76 bits per heavy atom. The summed E-state index contributed by atoms with van der Waals surface area (Å²) in [5, 5.41) is 0.754. The molecular formula is C15H14ClN. The summed E-state index contributed by atoms with van der Waals surface area (Å²) in [6, 6.07) is 14.0. The maximum absolute atomic E-state index is 6.05. The second-order valence-corrected chi connectivity index (χ2v) is 4.46. The van der Waals surface area contributed by atoms with Gasteiger partial charge in [-0.2, -0.15) is 0 Å². The summed E-state index contributed by atoms with van der Waals surface area (Å²) in [5.41, 5.74) is 4.30. The molecule has 17 heavy (non-hydrogen) atoms. The predicted octanol–water partition coefficient (Wildman–Crippen LogP) is 4.71. The van der Waals surface area contributed by atoms with Crippen LogP contribution < -0.4 is 0 Å². The summed E-state index contributed by atoms with van der Waals surface area (Å²) >= 11 is 6.05. The highest BCUT2D eigenvalue weighted by Gasteiger charge is 1.96. The Kier molecular flexibility index (Phi) is 3.60. The normalized spacial score (nSPS) is 11.0. The van der Waals surface area contributed by atoms with Crippen molar-refractivity contribution in [3.63, 3.8) is 0 Å². The van der Waals surface area contributed by atoms with E-state index in [1.54, 1.807) is 0 Å². The molecule has 0 aliphatic rings. The van der Waals surface area contributed by atoms with E-state index >= 15 is 0 Å². The molecule has 0 fully saturated rings. The molecule has 0 saturated carbocycles. The molecule has 0 aromatic heterocycles. The Hall–Kier alpha value is -1.60. The van der Waals surface area contributed by atoms with Crippen molar-refractivity contribution in [2.24, 2.45) is 4.99 Å². The standard InChI is InChI=1S/C15H14ClN/c1-11-5-3-4-6-13(11)10-17-14-8-7-12(2)15(16)9-14/h3-10H,1-2H3. The van der Waals surface area contributed by atoms with E-state index in [-0.39, 0.29) is 0 Å². The first-order chi connectivity index (χ1) is 8.16. The maximum Gasteiger partial charge on any atom is 0.0644 e. The van der Waals surface area contributed by atoms with Gasteiger partial charge in [-0.1, -0.05) is 41.9 Å². The number of hydrogen-bond donors (Lipinski definition) is 0. The van der Waals surface area contributed by atoms with Gasteiger partial charge in [0.15, 0.2) is 0 Å². The van der Waals surface area contributed by atoms with Crippen LogP contribution >= 0.6 is 11.6 Å². The van der Waals surface area contributed by atoms with Gasteiger partial charge in [0.2, 0.25) is 0 Å². The van der Waals surface area contributed by atoms with Crippen molar-refractivity contribution in [1.29, 1.82) is 0 Å². The zero-order valence-electron chi connectivity index (χ0n) is 9.94. The fourth-order valence-corrected chi connectivity index (χ4v) is 1.71. The van der Waals surface area contributed by atoms with Gasteiger partial charge in [0, 0.05) is 11.2 Å². The lowest BCUT2D eigenvalue weighted by Gasteiger charge is -2.00. The van der Waals surface area contributed by atoms with Gasteiger partial charge in [-0.05, 0) is 42.7 Å². The van der Waals surface area contributed by atoms with Crippen molar-refractivity contribution in [3.05, 3.63) is 64.2 Å². The van der Waals surface area contributed by atoms with Crippen LogP contribution in [0.4, 0.5) is 5.69 Å². The summed E-state index contributed by atoms with van der Waals surface area (Å²) in [4.78, 5) is 4.43. The summed E-state index contributed by atoms with van der Waals surface area (Å²) in [6.45, 7) is 4.06. The van der Waals surface area contributed by atoms with Crippen molar-refractivity contribution >= 4 is 23.5 Å². The number of halogens is 1. The minimum Gasteiger partial charge on any atom is -0.256 e. The van der Waals surface area contributed by atoms with Gasteiger partial charge < -0.3 is 0 Å². The highest BCUT2D eigenvalue weighted by Crippen LogP contribution is 2.22. The van der Waals surface area contributed by atoms with E-state index in [0.717, 1.165) is 21.8 Å². The van der Waals surface area contributed by atoms with Crippen molar-refractivity contribution in [2.45, 2.75) is 13.8 Å². The number of nitrogens with zero attached hydrogens (tertiary/aromatic N) is 1. The van der Waals surface area contributed by atoms with Gasteiger partial charge >= 0.3 is 0 Å². The van der Waals surface area contributed by atoms with Gasteiger partial charge in [-0.25, -0.2) is 0 Å². The van der Waals surface area contributed by atoms with Crippen molar-refractivity contribution in [1.82, 2.24) is 0 Å². The molecule has 0 heterocycles. The average Bonchev–Trinajstić information content (AvgIpc) is 2.32. The molecule has 2 rings (SSSR count). The Bertz CT molecular complexity index is 559. The van der Waals surface area contributed by atoms with E-state index in [0.29, 0.717) is 0 Å². The number of rotatable bonds is 2. The zero-order valence-corrected chi connectivity index (χ0v) is 10.7. The van der Waals surface area contributed by atoms with E-state index in [1.807, 2.05) is 43.5 Å². The monoisotopic (exact) mass is 243 g/mol. The summed E-state index contributed by atoms with van der Waals surface area (Å²) < 4.78 is 0. The minimum atomic E-state index is 0.754. The van der Waals surface area contributed by atoms with Crippen molar-refractivity contribution < 1.29 is 0 Å². The molecule has 0 saturated heterocycles. The second-order valence-electron chi connectivity index (χ2n) is 4.05. The molecule has 0 atom stereocenters. The smallest absolute Gasteiger partial charge is 0.0644 e. The fourth-order valence-electron chi connectivity index (χ4n) is 1.54. The molecule has 0 spiro atoms. The Morgan fingerprint density at radius 1 is 1.00 bits per heavy atom.